The normalized spacial score (nSPS) is 11.3. The third kappa shape index (κ3) is 2.65. The fourth-order valence-electron chi connectivity index (χ4n) is 3.59. The minimum atomic E-state index is -0.0713. The van der Waals surface area contributed by atoms with Gasteiger partial charge in [0, 0.05) is 39.6 Å². The summed E-state index contributed by atoms with van der Waals surface area (Å²) in [5.41, 5.74) is 4.81. The van der Waals surface area contributed by atoms with Crippen LogP contribution < -0.4 is 5.32 Å². The molecule has 0 unspecified atom stereocenters. The van der Waals surface area contributed by atoms with Crippen LogP contribution in [0.2, 0.25) is 0 Å². The van der Waals surface area contributed by atoms with Crippen LogP contribution in [0, 0.1) is 13.8 Å². The number of benzene rings is 2. The number of aryl methyl sites for hydroxylation is 3. The van der Waals surface area contributed by atoms with E-state index in [9.17, 15) is 4.79 Å². The lowest BCUT2D eigenvalue weighted by Gasteiger charge is -2.07. The predicted molar refractivity (Wildman–Crippen MR) is 103 cm³/mol. The number of nitrogens with zero attached hydrogens (tertiary/aromatic N) is 2. The fourth-order valence-corrected chi connectivity index (χ4v) is 3.59. The maximum atomic E-state index is 12.5. The number of amides is 1. The van der Waals surface area contributed by atoms with Gasteiger partial charge in [0.2, 0.25) is 5.91 Å². The Labute approximate surface area is 151 Å². The Balaban J connectivity index is 1.67. The first kappa shape index (κ1) is 16.4. The largest absolute Gasteiger partial charge is 0.361 e. The predicted octanol–water partition coefficient (Wildman–Crippen LogP) is 4.60. The Morgan fingerprint density at radius 2 is 1.88 bits per heavy atom. The molecule has 2 aromatic heterocycles. The van der Waals surface area contributed by atoms with E-state index in [1.165, 1.54) is 16.4 Å². The first-order valence-corrected chi connectivity index (χ1v) is 8.81. The van der Waals surface area contributed by atoms with E-state index in [4.69, 9.17) is 4.52 Å². The van der Waals surface area contributed by atoms with Gasteiger partial charge in [-0.2, -0.15) is 0 Å². The van der Waals surface area contributed by atoms with E-state index in [0.717, 1.165) is 28.9 Å². The second-order valence-corrected chi connectivity index (χ2v) is 6.52. The van der Waals surface area contributed by atoms with Gasteiger partial charge in [0.25, 0.3) is 0 Å². The summed E-state index contributed by atoms with van der Waals surface area (Å²) in [6.45, 7) is 6.73. The quantitative estimate of drug-likeness (QED) is 0.587. The van der Waals surface area contributed by atoms with Crippen molar-refractivity contribution in [2.75, 3.05) is 5.32 Å². The van der Waals surface area contributed by atoms with Crippen LogP contribution in [0.3, 0.4) is 0 Å². The molecule has 0 aliphatic carbocycles. The van der Waals surface area contributed by atoms with E-state index < -0.39 is 0 Å². The number of nitrogens with one attached hydrogen (secondary N) is 1. The standard InChI is InChI=1S/C21H21N3O2/c1-4-24-19-8-6-5-7-16(19)18-11-15(9-10-20(18)24)22-21(25)12-17-13(2)23-26-14(17)3/h5-11H,4,12H2,1-3H3,(H,22,25). The molecule has 1 amide bonds. The second-order valence-electron chi connectivity index (χ2n) is 6.52. The highest BCUT2D eigenvalue weighted by Crippen LogP contribution is 2.31. The average Bonchev–Trinajstić information content (AvgIpc) is 3.13. The topological polar surface area (TPSA) is 60.1 Å². The highest BCUT2D eigenvalue weighted by Gasteiger charge is 2.15. The molecule has 4 aromatic rings. The zero-order chi connectivity index (χ0) is 18.3. The van der Waals surface area contributed by atoms with Gasteiger partial charge in [-0.3, -0.25) is 4.79 Å². The van der Waals surface area contributed by atoms with E-state index in [1.54, 1.807) is 0 Å². The molecule has 0 fully saturated rings. The summed E-state index contributed by atoms with van der Waals surface area (Å²) in [5.74, 6) is 0.622. The van der Waals surface area contributed by atoms with E-state index in [1.807, 2.05) is 26.0 Å². The van der Waals surface area contributed by atoms with Crippen LogP contribution >= 0.6 is 0 Å². The SMILES string of the molecule is CCn1c2ccccc2c2cc(NC(=O)Cc3c(C)noc3C)ccc21. The molecule has 5 nitrogen and oxygen atoms in total. The highest BCUT2D eigenvalue weighted by molar-refractivity contribution is 6.09. The molecule has 0 bridgehead atoms. The van der Waals surface area contributed by atoms with Gasteiger partial charge in [0.1, 0.15) is 5.76 Å². The molecule has 0 aliphatic heterocycles. The Hall–Kier alpha value is -3.08. The molecule has 0 aliphatic rings. The summed E-state index contributed by atoms with van der Waals surface area (Å²) in [5, 5.41) is 9.26. The Bertz CT molecular complexity index is 1100. The van der Waals surface area contributed by atoms with Gasteiger partial charge in [-0.15, -0.1) is 0 Å². The molecule has 132 valence electrons. The van der Waals surface area contributed by atoms with E-state index in [0.29, 0.717) is 5.76 Å². The summed E-state index contributed by atoms with van der Waals surface area (Å²) < 4.78 is 7.43. The van der Waals surface area contributed by atoms with Crippen molar-refractivity contribution in [1.29, 1.82) is 0 Å². The van der Waals surface area contributed by atoms with Crippen molar-refractivity contribution in [3.8, 4) is 0 Å². The van der Waals surface area contributed by atoms with Crippen molar-refractivity contribution in [1.82, 2.24) is 9.72 Å². The fraction of sp³-hybridized carbons (Fsp3) is 0.238. The number of carbonyl (C=O) groups is 1. The zero-order valence-corrected chi connectivity index (χ0v) is 15.2. The van der Waals surface area contributed by atoms with Gasteiger partial charge < -0.3 is 14.4 Å². The average molecular weight is 347 g/mol. The maximum Gasteiger partial charge on any atom is 0.228 e. The van der Waals surface area contributed by atoms with Gasteiger partial charge in [-0.25, -0.2) is 0 Å². The van der Waals surface area contributed by atoms with Gasteiger partial charge in [-0.1, -0.05) is 23.4 Å². The Morgan fingerprint density at radius 3 is 2.62 bits per heavy atom. The lowest BCUT2D eigenvalue weighted by Crippen LogP contribution is -2.15. The minimum absolute atomic E-state index is 0.0713. The summed E-state index contributed by atoms with van der Waals surface area (Å²) in [6.07, 6.45) is 0.260. The number of hydrogen-bond acceptors (Lipinski definition) is 3. The van der Waals surface area contributed by atoms with Crippen LogP contribution in [0.15, 0.2) is 47.0 Å². The number of para-hydroxylation sites is 1. The van der Waals surface area contributed by atoms with E-state index >= 15 is 0 Å². The molecule has 0 spiro atoms. The number of anilines is 1. The number of fused-ring (bicyclic) bond motifs is 3. The summed E-state index contributed by atoms with van der Waals surface area (Å²) in [7, 11) is 0. The first-order chi connectivity index (χ1) is 12.6. The van der Waals surface area contributed by atoms with Crippen molar-refractivity contribution < 1.29 is 9.32 Å². The van der Waals surface area contributed by atoms with Crippen molar-refractivity contribution in [3.05, 3.63) is 59.5 Å². The van der Waals surface area contributed by atoms with Crippen molar-refractivity contribution in [3.63, 3.8) is 0 Å². The molecule has 4 rings (SSSR count). The van der Waals surface area contributed by atoms with Crippen LogP contribution in [0.5, 0.6) is 0 Å². The molecule has 2 heterocycles. The number of rotatable bonds is 4. The van der Waals surface area contributed by atoms with E-state index in [2.05, 4.69) is 52.3 Å². The lowest BCUT2D eigenvalue weighted by molar-refractivity contribution is -0.115. The van der Waals surface area contributed by atoms with Crippen LogP contribution in [0.25, 0.3) is 21.8 Å². The molecule has 0 radical (unpaired) electrons. The molecule has 5 heteroatoms. The lowest BCUT2D eigenvalue weighted by atomic mass is 10.1. The zero-order valence-electron chi connectivity index (χ0n) is 15.2. The smallest absolute Gasteiger partial charge is 0.228 e. The molecule has 0 atom stereocenters. The highest BCUT2D eigenvalue weighted by atomic mass is 16.5. The van der Waals surface area contributed by atoms with Crippen molar-refractivity contribution in [2.24, 2.45) is 0 Å². The van der Waals surface area contributed by atoms with Crippen LogP contribution in [-0.4, -0.2) is 15.6 Å². The van der Waals surface area contributed by atoms with Crippen LogP contribution in [0.1, 0.15) is 23.9 Å². The molecular weight excluding hydrogens is 326 g/mol. The maximum absolute atomic E-state index is 12.5. The van der Waals surface area contributed by atoms with Crippen molar-refractivity contribution in [2.45, 2.75) is 33.7 Å². The minimum Gasteiger partial charge on any atom is -0.361 e. The number of hydrogen-bond donors (Lipinski definition) is 1. The van der Waals surface area contributed by atoms with Gasteiger partial charge in [-0.05, 0) is 45.0 Å². The third-order valence-corrected chi connectivity index (χ3v) is 4.89. The molecule has 0 saturated carbocycles. The third-order valence-electron chi connectivity index (χ3n) is 4.89. The summed E-state index contributed by atoms with van der Waals surface area (Å²) in [4.78, 5) is 12.5. The van der Waals surface area contributed by atoms with Gasteiger partial charge >= 0.3 is 0 Å². The molecule has 0 saturated heterocycles. The molecule has 26 heavy (non-hydrogen) atoms. The first-order valence-electron chi connectivity index (χ1n) is 8.81. The van der Waals surface area contributed by atoms with Crippen molar-refractivity contribution >= 4 is 33.4 Å². The van der Waals surface area contributed by atoms with Gasteiger partial charge in [0.15, 0.2) is 0 Å². The van der Waals surface area contributed by atoms with Gasteiger partial charge in [0.05, 0.1) is 12.1 Å². The van der Waals surface area contributed by atoms with Crippen LogP contribution in [-0.2, 0) is 17.8 Å². The summed E-state index contributed by atoms with van der Waals surface area (Å²) in [6, 6.07) is 14.4. The Kier molecular flexibility index (Phi) is 3.99. The molecule has 2 aromatic carbocycles. The monoisotopic (exact) mass is 347 g/mol. The Morgan fingerprint density at radius 1 is 1.12 bits per heavy atom. The van der Waals surface area contributed by atoms with Crippen LogP contribution in [0.4, 0.5) is 5.69 Å². The molecular formula is C21H21N3O2. The number of aromatic nitrogens is 2. The number of carbonyl (C=O) groups excluding carboxylic acids is 1. The second kappa shape index (κ2) is 6.33. The molecule has 1 N–H and O–H groups in total. The van der Waals surface area contributed by atoms with E-state index in [-0.39, 0.29) is 12.3 Å². The summed E-state index contributed by atoms with van der Waals surface area (Å²) >= 11 is 0.